The van der Waals surface area contributed by atoms with E-state index in [1.165, 1.54) is 5.69 Å². The van der Waals surface area contributed by atoms with E-state index < -0.39 is 0 Å². The van der Waals surface area contributed by atoms with Crippen LogP contribution in [0.3, 0.4) is 0 Å². The van der Waals surface area contributed by atoms with E-state index in [-0.39, 0.29) is 5.91 Å². The summed E-state index contributed by atoms with van der Waals surface area (Å²) in [6, 6.07) is 7.78. The van der Waals surface area contributed by atoms with Gasteiger partial charge in [0.25, 0.3) is 0 Å². The van der Waals surface area contributed by atoms with Crippen LogP contribution in [0, 0.1) is 19.8 Å². The summed E-state index contributed by atoms with van der Waals surface area (Å²) in [5, 5.41) is 0. The second-order valence-corrected chi connectivity index (χ2v) is 7.24. The smallest absolute Gasteiger partial charge is 0.226 e. The molecule has 5 nitrogen and oxygen atoms in total. The summed E-state index contributed by atoms with van der Waals surface area (Å²) in [4.78, 5) is 19.0. The van der Waals surface area contributed by atoms with Gasteiger partial charge in [-0.3, -0.25) is 4.79 Å². The molecule has 0 bridgehead atoms. The summed E-state index contributed by atoms with van der Waals surface area (Å²) < 4.78 is 7.53. The lowest BCUT2D eigenvalue weighted by Crippen LogP contribution is -2.39. The van der Waals surface area contributed by atoms with Crippen molar-refractivity contribution in [2.24, 2.45) is 5.92 Å². The largest absolute Gasteiger partial charge is 0.497 e. The number of likely N-dealkylation sites (tertiary alicyclic amines) is 1. The molecule has 2 aromatic rings. The molecule has 1 amide bonds. The Hall–Kier alpha value is -2.30. The third-order valence-corrected chi connectivity index (χ3v) is 5.47. The average molecular weight is 355 g/mol. The van der Waals surface area contributed by atoms with Crippen molar-refractivity contribution >= 4 is 5.91 Å². The zero-order valence-electron chi connectivity index (χ0n) is 16.1. The maximum absolute atomic E-state index is 12.6. The number of aromatic nitrogens is 2. The number of methoxy groups -OCH3 is 1. The highest BCUT2D eigenvalue weighted by atomic mass is 16.5. The van der Waals surface area contributed by atoms with Crippen LogP contribution < -0.4 is 4.74 Å². The quantitative estimate of drug-likeness (QED) is 0.798. The monoisotopic (exact) mass is 355 g/mol. The summed E-state index contributed by atoms with van der Waals surface area (Å²) in [6.45, 7) is 6.94. The summed E-state index contributed by atoms with van der Waals surface area (Å²) >= 11 is 0. The van der Waals surface area contributed by atoms with Crippen LogP contribution in [0.15, 0.2) is 30.5 Å². The molecule has 1 fully saturated rings. The van der Waals surface area contributed by atoms with Crippen molar-refractivity contribution in [1.29, 1.82) is 0 Å². The summed E-state index contributed by atoms with van der Waals surface area (Å²) in [7, 11) is 1.65. The molecule has 1 aromatic carbocycles. The first-order valence-electron chi connectivity index (χ1n) is 9.46. The Morgan fingerprint density at radius 2 is 2.04 bits per heavy atom. The van der Waals surface area contributed by atoms with Crippen LogP contribution >= 0.6 is 0 Å². The first kappa shape index (κ1) is 18.5. The number of hydrogen-bond acceptors (Lipinski definition) is 3. The molecule has 0 N–H and O–H groups in total. The van der Waals surface area contributed by atoms with Gasteiger partial charge in [-0.25, -0.2) is 4.98 Å². The normalized spacial score (nSPS) is 15.3. The summed E-state index contributed by atoms with van der Waals surface area (Å²) in [5.41, 5.74) is 2.25. The van der Waals surface area contributed by atoms with Gasteiger partial charge in [0.1, 0.15) is 11.6 Å². The topological polar surface area (TPSA) is 47.4 Å². The van der Waals surface area contributed by atoms with Gasteiger partial charge in [-0.2, -0.15) is 0 Å². The third-order valence-electron chi connectivity index (χ3n) is 5.47. The molecule has 1 aliphatic rings. The van der Waals surface area contributed by atoms with E-state index in [0.717, 1.165) is 56.0 Å². The van der Waals surface area contributed by atoms with E-state index in [1.807, 2.05) is 35.4 Å². The van der Waals surface area contributed by atoms with Gasteiger partial charge in [-0.05, 0) is 56.7 Å². The molecule has 26 heavy (non-hydrogen) atoms. The Kier molecular flexibility index (Phi) is 5.96. The number of imidazole rings is 1. The SMILES string of the molecule is COc1cccc(CC(=O)N2CCC(CCn3c(C)cnc3C)CC2)c1. The summed E-state index contributed by atoms with van der Waals surface area (Å²) in [6.07, 6.45) is 5.74. The maximum atomic E-state index is 12.6. The Labute approximate surface area is 156 Å². The lowest BCUT2D eigenvalue weighted by Gasteiger charge is -2.32. The predicted octanol–water partition coefficient (Wildman–Crippen LogP) is 3.38. The van der Waals surface area contributed by atoms with Gasteiger partial charge in [0.2, 0.25) is 5.91 Å². The molecule has 140 valence electrons. The van der Waals surface area contributed by atoms with Crippen LogP contribution in [0.5, 0.6) is 5.75 Å². The number of nitrogens with zero attached hydrogens (tertiary/aromatic N) is 3. The summed E-state index contributed by atoms with van der Waals surface area (Å²) in [5.74, 6) is 2.81. The molecular weight excluding hydrogens is 326 g/mol. The molecule has 0 saturated carbocycles. The zero-order chi connectivity index (χ0) is 18.5. The van der Waals surface area contributed by atoms with Crippen molar-refractivity contribution in [2.45, 2.75) is 46.1 Å². The number of benzene rings is 1. The maximum Gasteiger partial charge on any atom is 0.226 e. The van der Waals surface area contributed by atoms with Crippen molar-refractivity contribution in [3.8, 4) is 5.75 Å². The van der Waals surface area contributed by atoms with Crippen molar-refractivity contribution < 1.29 is 9.53 Å². The number of rotatable bonds is 6. The molecule has 0 spiro atoms. The Morgan fingerprint density at radius 3 is 2.69 bits per heavy atom. The van der Waals surface area contributed by atoms with Gasteiger partial charge < -0.3 is 14.2 Å². The number of carbonyl (C=O) groups excluding carboxylic acids is 1. The van der Waals surface area contributed by atoms with E-state index in [1.54, 1.807) is 7.11 Å². The fourth-order valence-electron chi connectivity index (χ4n) is 3.77. The number of hydrogen-bond donors (Lipinski definition) is 0. The van der Waals surface area contributed by atoms with Gasteiger partial charge in [0.15, 0.2) is 0 Å². The van der Waals surface area contributed by atoms with Gasteiger partial charge in [0.05, 0.1) is 13.5 Å². The number of amides is 1. The molecule has 0 aliphatic carbocycles. The highest BCUT2D eigenvalue weighted by molar-refractivity contribution is 5.79. The molecule has 1 aliphatic heterocycles. The molecule has 5 heteroatoms. The van der Waals surface area contributed by atoms with Crippen molar-refractivity contribution in [3.05, 3.63) is 47.5 Å². The number of carbonyl (C=O) groups is 1. The van der Waals surface area contributed by atoms with Crippen molar-refractivity contribution in [1.82, 2.24) is 14.5 Å². The fraction of sp³-hybridized carbons (Fsp3) is 0.524. The lowest BCUT2D eigenvalue weighted by atomic mass is 9.93. The Bertz CT molecular complexity index is 726. The average Bonchev–Trinajstić information content (AvgIpc) is 2.98. The second kappa shape index (κ2) is 8.39. The van der Waals surface area contributed by atoms with Crippen LogP contribution in [0.1, 0.15) is 36.3 Å². The van der Waals surface area contributed by atoms with Crippen LogP contribution in [-0.2, 0) is 17.8 Å². The third kappa shape index (κ3) is 4.45. The van der Waals surface area contributed by atoms with Gasteiger partial charge >= 0.3 is 0 Å². The first-order chi connectivity index (χ1) is 12.6. The number of piperidine rings is 1. The van der Waals surface area contributed by atoms with E-state index in [2.05, 4.69) is 23.4 Å². The molecule has 0 unspecified atom stereocenters. The highest BCUT2D eigenvalue weighted by Gasteiger charge is 2.23. The Morgan fingerprint density at radius 1 is 1.27 bits per heavy atom. The fourth-order valence-corrected chi connectivity index (χ4v) is 3.77. The van der Waals surface area contributed by atoms with E-state index in [0.29, 0.717) is 12.3 Å². The van der Waals surface area contributed by atoms with E-state index in [4.69, 9.17) is 4.74 Å². The second-order valence-electron chi connectivity index (χ2n) is 7.24. The highest BCUT2D eigenvalue weighted by Crippen LogP contribution is 2.23. The van der Waals surface area contributed by atoms with Gasteiger partial charge in [-0.1, -0.05) is 12.1 Å². The molecule has 1 saturated heterocycles. The molecule has 0 atom stereocenters. The van der Waals surface area contributed by atoms with Gasteiger partial charge in [-0.15, -0.1) is 0 Å². The Balaban J connectivity index is 1.46. The van der Waals surface area contributed by atoms with E-state index in [9.17, 15) is 4.79 Å². The molecule has 1 aromatic heterocycles. The molecular formula is C21H29N3O2. The predicted molar refractivity (Wildman–Crippen MR) is 102 cm³/mol. The minimum atomic E-state index is 0.220. The standard InChI is InChI=1S/C21H29N3O2/c1-16-15-22-17(2)24(16)12-9-18-7-10-23(11-8-18)21(25)14-19-5-4-6-20(13-19)26-3/h4-6,13,15,18H,7-12,14H2,1-3H3. The van der Waals surface area contributed by atoms with Crippen LogP contribution in [0.4, 0.5) is 0 Å². The minimum absolute atomic E-state index is 0.220. The number of aryl methyl sites for hydroxylation is 2. The molecule has 2 heterocycles. The van der Waals surface area contributed by atoms with Crippen molar-refractivity contribution in [3.63, 3.8) is 0 Å². The van der Waals surface area contributed by atoms with Crippen LogP contribution in [-0.4, -0.2) is 40.6 Å². The first-order valence-corrected chi connectivity index (χ1v) is 9.46. The minimum Gasteiger partial charge on any atom is -0.497 e. The van der Waals surface area contributed by atoms with Gasteiger partial charge in [0, 0.05) is 31.5 Å². The van der Waals surface area contributed by atoms with Crippen LogP contribution in [0.25, 0.3) is 0 Å². The van der Waals surface area contributed by atoms with E-state index >= 15 is 0 Å². The zero-order valence-corrected chi connectivity index (χ0v) is 16.1. The number of ether oxygens (including phenoxy) is 1. The lowest BCUT2D eigenvalue weighted by molar-refractivity contribution is -0.131. The van der Waals surface area contributed by atoms with Crippen molar-refractivity contribution in [2.75, 3.05) is 20.2 Å². The molecule has 0 radical (unpaired) electrons. The molecule has 3 rings (SSSR count). The van der Waals surface area contributed by atoms with Crippen LogP contribution in [0.2, 0.25) is 0 Å².